The molecule has 0 saturated carbocycles. The van der Waals surface area contributed by atoms with E-state index in [1.165, 1.54) is 0 Å². The van der Waals surface area contributed by atoms with Crippen molar-refractivity contribution in [3.8, 4) is 0 Å². The van der Waals surface area contributed by atoms with E-state index in [1.807, 2.05) is 6.20 Å². The largest absolute Gasteiger partial charge is 0.379 e. The monoisotopic (exact) mass is 181 g/mol. The molecule has 2 rings (SSSR count). The lowest BCUT2D eigenvalue weighted by Crippen LogP contribution is -2.42. The molecule has 1 saturated heterocycles. The molecule has 1 unspecified atom stereocenters. The maximum absolute atomic E-state index is 5.34. The van der Waals surface area contributed by atoms with Crippen LogP contribution in [0.1, 0.15) is 19.0 Å². The Labute approximate surface area is 77.7 Å². The number of imidazole rings is 1. The van der Waals surface area contributed by atoms with Crippen molar-refractivity contribution < 1.29 is 4.74 Å². The Bertz CT molecular complexity index is 252. The number of H-pyrrole nitrogens is 1. The number of nitrogens with one attached hydrogen (secondary N) is 2. The van der Waals surface area contributed by atoms with Crippen LogP contribution in [0.3, 0.4) is 0 Å². The Morgan fingerprint density at radius 2 is 2.69 bits per heavy atom. The molecule has 1 aromatic rings. The van der Waals surface area contributed by atoms with Crippen molar-refractivity contribution in [3.63, 3.8) is 0 Å². The Hall–Kier alpha value is -0.870. The fraction of sp³-hybridized carbons (Fsp3) is 0.667. The summed E-state index contributed by atoms with van der Waals surface area (Å²) < 4.78 is 5.34. The van der Waals surface area contributed by atoms with Gasteiger partial charge in [-0.25, -0.2) is 4.98 Å². The lowest BCUT2D eigenvalue weighted by Gasteiger charge is -2.22. The molecule has 0 aliphatic carbocycles. The maximum Gasteiger partial charge on any atom is 0.0922 e. The van der Waals surface area contributed by atoms with Gasteiger partial charge in [0.05, 0.1) is 12.9 Å². The Morgan fingerprint density at radius 1 is 1.77 bits per heavy atom. The first-order valence-corrected chi connectivity index (χ1v) is 4.59. The zero-order valence-corrected chi connectivity index (χ0v) is 7.84. The third-order valence-corrected chi connectivity index (χ3v) is 2.48. The highest BCUT2D eigenvalue weighted by Gasteiger charge is 2.28. The summed E-state index contributed by atoms with van der Waals surface area (Å²) in [6.07, 6.45) is 4.62. The molecular weight excluding hydrogens is 166 g/mol. The van der Waals surface area contributed by atoms with Gasteiger partial charge in [-0.15, -0.1) is 0 Å². The summed E-state index contributed by atoms with van der Waals surface area (Å²) in [5.41, 5.74) is 1.26. The Kier molecular flexibility index (Phi) is 2.33. The normalized spacial score (nSPS) is 28.1. The molecular formula is C9H15N3O. The molecule has 1 aromatic heterocycles. The van der Waals surface area contributed by atoms with Gasteiger partial charge in [0.2, 0.25) is 0 Å². The number of hydrogen-bond donors (Lipinski definition) is 2. The number of aromatic amines is 1. The molecule has 1 atom stereocenters. The summed E-state index contributed by atoms with van der Waals surface area (Å²) in [4.78, 5) is 7.03. The minimum atomic E-state index is 0.144. The quantitative estimate of drug-likeness (QED) is 0.721. The molecule has 1 fully saturated rings. The molecule has 2 heterocycles. The van der Waals surface area contributed by atoms with Crippen molar-refractivity contribution in [3.05, 3.63) is 18.2 Å². The lowest BCUT2D eigenvalue weighted by molar-refractivity contribution is 0.171. The molecule has 4 heteroatoms. The van der Waals surface area contributed by atoms with Crippen LogP contribution in [0.25, 0.3) is 0 Å². The molecule has 1 aliphatic heterocycles. The molecule has 1 aliphatic rings. The third kappa shape index (κ3) is 2.08. The standard InChI is InChI=1S/C9H15N3O/c1-9(2-3-13-6-9)12-5-8-4-10-7-11-8/h4,7,12H,2-3,5-6H2,1H3,(H,10,11). The zero-order chi connectivity index (χ0) is 9.15. The van der Waals surface area contributed by atoms with Gasteiger partial charge in [0.25, 0.3) is 0 Å². The second-order valence-corrected chi connectivity index (χ2v) is 3.79. The van der Waals surface area contributed by atoms with Crippen molar-refractivity contribution in [2.75, 3.05) is 13.2 Å². The highest BCUT2D eigenvalue weighted by atomic mass is 16.5. The van der Waals surface area contributed by atoms with Crippen LogP contribution in [-0.2, 0) is 11.3 Å². The van der Waals surface area contributed by atoms with Crippen molar-refractivity contribution in [2.45, 2.75) is 25.4 Å². The van der Waals surface area contributed by atoms with Crippen LogP contribution in [0.2, 0.25) is 0 Å². The van der Waals surface area contributed by atoms with Crippen LogP contribution in [0, 0.1) is 0 Å². The number of rotatable bonds is 3. The molecule has 4 nitrogen and oxygen atoms in total. The fourth-order valence-corrected chi connectivity index (χ4v) is 1.50. The van der Waals surface area contributed by atoms with Crippen LogP contribution < -0.4 is 5.32 Å². The van der Waals surface area contributed by atoms with Crippen molar-refractivity contribution >= 4 is 0 Å². The minimum absolute atomic E-state index is 0.144. The predicted molar refractivity (Wildman–Crippen MR) is 49.3 cm³/mol. The van der Waals surface area contributed by atoms with Gasteiger partial charge in [0.1, 0.15) is 0 Å². The highest BCUT2D eigenvalue weighted by Crippen LogP contribution is 2.17. The van der Waals surface area contributed by atoms with Gasteiger partial charge in [-0.3, -0.25) is 0 Å². The lowest BCUT2D eigenvalue weighted by atomic mass is 10.0. The van der Waals surface area contributed by atoms with Gasteiger partial charge >= 0.3 is 0 Å². The smallest absolute Gasteiger partial charge is 0.0922 e. The van der Waals surface area contributed by atoms with Crippen LogP contribution in [0.5, 0.6) is 0 Å². The number of hydrogen-bond acceptors (Lipinski definition) is 3. The SMILES string of the molecule is CC1(NCc2cnc[nH]2)CCOC1. The fourth-order valence-electron chi connectivity index (χ4n) is 1.50. The van der Waals surface area contributed by atoms with Crippen LogP contribution in [-0.4, -0.2) is 28.7 Å². The summed E-state index contributed by atoms with van der Waals surface area (Å²) in [7, 11) is 0. The van der Waals surface area contributed by atoms with Crippen LogP contribution >= 0.6 is 0 Å². The van der Waals surface area contributed by atoms with Gasteiger partial charge in [0.15, 0.2) is 0 Å². The average Bonchev–Trinajstić information content (AvgIpc) is 2.72. The van der Waals surface area contributed by atoms with E-state index in [0.717, 1.165) is 31.9 Å². The topological polar surface area (TPSA) is 49.9 Å². The van der Waals surface area contributed by atoms with E-state index in [-0.39, 0.29) is 5.54 Å². The molecule has 0 amide bonds. The molecule has 13 heavy (non-hydrogen) atoms. The maximum atomic E-state index is 5.34. The first-order chi connectivity index (χ1) is 6.29. The number of aromatic nitrogens is 2. The highest BCUT2D eigenvalue weighted by molar-refractivity contribution is 4.96. The van der Waals surface area contributed by atoms with E-state index in [1.54, 1.807) is 6.33 Å². The summed E-state index contributed by atoms with van der Waals surface area (Å²) in [5.74, 6) is 0. The van der Waals surface area contributed by atoms with Gasteiger partial charge in [-0.1, -0.05) is 0 Å². The van der Waals surface area contributed by atoms with E-state index in [2.05, 4.69) is 22.2 Å². The van der Waals surface area contributed by atoms with Crippen molar-refractivity contribution in [1.29, 1.82) is 0 Å². The molecule has 0 aromatic carbocycles. The van der Waals surface area contributed by atoms with E-state index in [4.69, 9.17) is 4.74 Å². The molecule has 0 radical (unpaired) electrons. The first-order valence-electron chi connectivity index (χ1n) is 4.59. The van der Waals surface area contributed by atoms with E-state index in [0.29, 0.717) is 0 Å². The van der Waals surface area contributed by atoms with Gasteiger partial charge < -0.3 is 15.0 Å². The minimum Gasteiger partial charge on any atom is -0.379 e. The third-order valence-electron chi connectivity index (χ3n) is 2.48. The van der Waals surface area contributed by atoms with Crippen molar-refractivity contribution in [2.24, 2.45) is 0 Å². The van der Waals surface area contributed by atoms with Crippen molar-refractivity contribution in [1.82, 2.24) is 15.3 Å². The first kappa shape index (κ1) is 8.72. The second kappa shape index (κ2) is 3.47. The Balaban J connectivity index is 1.85. The second-order valence-electron chi connectivity index (χ2n) is 3.79. The predicted octanol–water partition coefficient (Wildman–Crippen LogP) is 0.678. The van der Waals surface area contributed by atoms with E-state index in [9.17, 15) is 0 Å². The summed E-state index contributed by atoms with van der Waals surface area (Å²) >= 11 is 0. The number of ether oxygens (including phenoxy) is 1. The summed E-state index contributed by atoms with van der Waals surface area (Å²) in [6, 6.07) is 0. The van der Waals surface area contributed by atoms with Gasteiger partial charge in [-0.05, 0) is 13.3 Å². The molecule has 0 spiro atoms. The molecule has 72 valence electrons. The molecule has 0 bridgehead atoms. The number of nitrogens with zero attached hydrogens (tertiary/aromatic N) is 1. The van der Waals surface area contributed by atoms with Crippen LogP contribution in [0.15, 0.2) is 12.5 Å². The van der Waals surface area contributed by atoms with Gasteiger partial charge in [0, 0.05) is 30.6 Å². The summed E-state index contributed by atoms with van der Waals surface area (Å²) in [6.45, 7) is 4.70. The van der Waals surface area contributed by atoms with Gasteiger partial charge in [-0.2, -0.15) is 0 Å². The average molecular weight is 181 g/mol. The zero-order valence-electron chi connectivity index (χ0n) is 7.84. The van der Waals surface area contributed by atoms with Crippen LogP contribution in [0.4, 0.5) is 0 Å². The Morgan fingerprint density at radius 3 is 3.31 bits per heavy atom. The molecule has 2 N–H and O–H groups in total. The van der Waals surface area contributed by atoms with E-state index >= 15 is 0 Å². The summed E-state index contributed by atoms with van der Waals surface area (Å²) in [5, 5.41) is 3.46. The van der Waals surface area contributed by atoms with E-state index < -0.39 is 0 Å².